The summed E-state index contributed by atoms with van der Waals surface area (Å²) in [6, 6.07) is 5.52. The van der Waals surface area contributed by atoms with Gasteiger partial charge in [0, 0.05) is 42.9 Å². The fourth-order valence-electron chi connectivity index (χ4n) is 3.69. The number of carbonyl (C=O) groups excluding carboxylic acids is 1. The zero-order valence-corrected chi connectivity index (χ0v) is 17.5. The minimum absolute atomic E-state index is 0.0879. The van der Waals surface area contributed by atoms with E-state index in [0.29, 0.717) is 10.6 Å². The molecule has 0 saturated heterocycles. The van der Waals surface area contributed by atoms with E-state index < -0.39 is 24.2 Å². The number of benzene rings is 1. The number of aryl methyl sites for hydroxylation is 2. The first-order valence-corrected chi connectivity index (χ1v) is 9.95. The van der Waals surface area contributed by atoms with Gasteiger partial charge in [0.1, 0.15) is 5.82 Å². The number of amides is 1. The van der Waals surface area contributed by atoms with Crippen molar-refractivity contribution < 1.29 is 18.0 Å². The van der Waals surface area contributed by atoms with Crippen molar-refractivity contribution in [1.29, 1.82) is 0 Å². The summed E-state index contributed by atoms with van der Waals surface area (Å²) >= 11 is 5.89. The topological polar surface area (TPSA) is 76.8 Å². The summed E-state index contributed by atoms with van der Waals surface area (Å²) in [5, 5.41) is 14.4. The number of nitrogens with one attached hydrogen (secondary N) is 2. The Labute approximate surface area is 181 Å². The van der Waals surface area contributed by atoms with Crippen LogP contribution in [0.5, 0.6) is 0 Å². The van der Waals surface area contributed by atoms with Gasteiger partial charge in [0.25, 0.3) is 5.91 Å². The van der Waals surface area contributed by atoms with Crippen LogP contribution in [0, 0.1) is 6.92 Å². The van der Waals surface area contributed by atoms with E-state index in [4.69, 9.17) is 11.6 Å². The number of hydrogen-bond donors (Lipinski definition) is 2. The molecule has 2 atom stereocenters. The van der Waals surface area contributed by atoms with Crippen molar-refractivity contribution >= 4 is 23.3 Å². The Morgan fingerprint density at radius 3 is 2.61 bits per heavy atom. The summed E-state index contributed by atoms with van der Waals surface area (Å²) in [5.41, 5.74) is 2.16. The number of aromatic nitrogens is 4. The number of carbonyl (C=O) groups is 1. The fourth-order valence-corrected chi connectivity index (χ4v) is 3.81. The maximum Gasteiger partial charge on any atom is 0.410 e. The molecule has 0 fully saturated rings. The second-order valence-corrected chi connectivity index (χ2v) is 7.93. The van der Waals surface area contributed by atoms with Crippen LogP contribution in [0.4, 0.5) is 19.0 Å². The highest BCUT2D eigenvalue weighted by Gasteiger charge is 2.46. The summed E-state index contributed by atoms with van der Waals surface area (Å²) < 4.78 is 43.8. The SMILES string of the molecule is Cc1nn(C)cc1CNC(=O)c1cc2n(n1)[C@@H](C(F)(F)F)C[C@@H](c1ccc(Cl)cc1)N2. The average Bonchev–Trinajstić information content (AvgIpc) is 3.27. The maximum atomic E-state index is 13.8. The number of hydrogen-bond acceptors (Lipinski definition) is 4. The highest BCUT2D eigenvalue weighted by atomic mass is 35.5. The van der Waals surface area contributed by atoms with Crippen molar-refractivity contribution in [3.05, 3.63) is 64.1 Å². The first kappa shape index (κ1) is 21.2. The lowest BCUT2D eigenvalue weighted by Gasteiger charge is -2.33. The monoisotopic (exact) mass is 452 g/mol. The Kier molecular flexibility index (Phi) is 5.42. The lowest BCUT2D eigenvalue weighted by Crippen LogP contribution is -2.35. The van der Waals surface area contributed by atoms with Crippen LogP contribution in [0.25, 0.3) is 0 Å². The third-order valence-corrected chi connectivity index (χ3v) is 5.50. The molecule has 164 valence electrons. The number of nitrogens with zero attached hydrogens (tertiary/aromatic N) is 4. The van der Waals surface area contributed by atoms with Crippen LogP contribution in [-0.2, 0) is 13.6 Å². The fraction of sp³-hybridized carbons (Fsp3) is 0.350. The molecule has 1 aromatic carbocycles. The Hall–Kier alpha value is -3.01. The zero-order valence-electron chi connectivity index (χ0n) is 16.7. The van der Waals surface area contributed by atoms with Gasteiger partial charge < -0.3 is 10.6 Å². The van der Waals surface area contributed by atoms with Crippen LogP contribution in [-0.4, -0.2) is 31.6 Å². The minimum Gasteiger partial charge on any atom is -0.363 e. The normalized spacial score (nSPS) is 18.4. The molecule has 0 bridgehead atoms. The Balaban J connectivity index is 1.58. The van der Waals surface area contributed by atoms with Gasteiger partial charge in [-0.15, -0.1) is 0 Å². The van der Waals surface area contributed by atoms with E-state index in [9.17, 15) is 18.0 Å². The predicted molar refractivity (Wildman–Crippen MR) is 109 cm³/mol. The molecule has 3 heterocycles. The van der Waals surface area contributed by atoms with Gasteiger partial charge in [0.05, 0.1) is 11.7 Å². The first-order valence-electron chi connectivity index (χ1n) is 9.57. The summed E-state index contributed by atoms with van der Waals surface area (Å²) in [7, 11) is 1.77. The Bertz CT molecular complexity index is 1110. The molecule has 31 heavy (non-hydrogen) atoms. The van der Waals surface area contributed by atoms with Gasteiger partial charge in [-0.25, -0.2) is 4.68 Å². The zero-order chi connectivity index (χ0) is 22.3. The van der Waals surface area contributed by atoms with Gasteiger partial charge in [-0.2, -0.15) is 23.4 Å². The van der Waals surface area contributed by atoms with Gasteiger partial charge in [-0.3, -0.25) is 9.48 Å². The highest BCUT2D eigenvalue weighted by Crippen LogP contribution is 2.43. The molecule has 0 aliphatic carbocycles. The highest BCUT2D eigenvalue weighted by molar-refractivity contribution is 6.30. The molecule has 0 radical (unpaired) electrons. The van der Waals surface area contributed by atoms with Crippen molar-refractivity contribution in [2.24, 2.45) is 7.05 Å². The van der Waals surface area contributed by atoms with Crippen molar-refractivity contribution in [3.63, 3.8) is 0 Å². The standard InChI is InChI=1S/C20H20ClF3N6O/c1-11-13(10-29(2)27-11)9-25-19(31)16-8-18-26-15(12-3-5-14(21)6-4-12)7-17(20(22,23)24)30(18)28-16/h3-6,8,10,15,17,26H,7,9H2,1-2H3,(H,25,31)/t15-,17+/m0/s1. The van der Waals surface area contributed by atoms with E-state index in [1.54, 1.807) is 42.2 Å². The third-order valence-electron chi connectivity index (χ3n) is 5.25. The van der Waals surface area contributed by atoms with Crippen LogP contribution in [0.2, 0.25) is 5.02 Å². The third kappa shape index (κ3) is 4.39. The molecular formula is C20H20ClF3N6O. The van der Waals surface area contributed by atoms with E-state index in [-0.39, 0.29) is 24.5 Å². The molecule has 1 aliphatic heterocycles. The number of anilines is 1. The quantitative estimate of drug-likeness (QED) is 0.623. The van der Waals surface area contributed by atoms with Crippen molar-refractivity contribution in [2.45, 2.75) is 38.1 Å². The van der Waals surface area contributed by atoms with Gasteiger partial charge in [0.15, 0.2) is 11.7 Å². The smallest absolute Gasteiger partial charge is 0.363 e. The van der Waals surface area contributed by atoms with Crippen LogP contribution < -0.4 is 10.6 Å². The molecule has 0 spiro atoms. The number of halogens is 4. The molecule has 11 heteroatoms. The van der Waals surface area contributed by atoms with E-state index >= 15 is 0 Å². The van der Waals surface area contributed by atoms with Crippen LogP contribution in [0.3, 0.4) is 0 Å². The van der Waals surface area contributed by atoms with E-state index in [1.807, 2.05) is 6.92 Å². The average molecular weight is 453 g/mol. The van der Waals surface area contributed by atoms with Crippen molar-refractivity contribution in [2.75, 3.05) is 5.32 Å². The lowest BCUT2D eigenvalue weighted by atomic mass is 9.97. The van der Waals surface area contributed by atoms with Crippen LogP contribution in [0.15, 0.2) is 36.5 Å². The summed E-state index contributed by atoms with van der Waals surface area (Å²) in [5.74, 6) is -0.424. The molecule has 0 unspecified atom stereocenters. The molecule has 2 N–H and O–H groups in total. The molecule has 3 aromatic rings. The largest absolute Gasteiger partial charge is 0.410 e. The van der Waals surface area contributed by atoms with E-state index in [0.717, 1.165) is 15.9 Å². The number of alkyl halides is 3. The number of fused-ring (bicyclic) bond motifs is 1. The molecule has 7 nitrogen and oxygen atoms in total. The molecule has 4 rings (SSSR count). The Morgan fingerprint density at radius 1 is 1.29 bits per heavy atom. The molecule has 1 amide bonds. The van der Waals surface area contributed by atoms with E-state index in [1.165, 1.54) is 6.07 Å². The van der Waals surface area contributed by atoms with E-state index in [2.05, 4.69) is 20.8 Å². The van der Waals surface area contributed by atoms with Gasteiger partial charge in [-0.1, -0.05) is 23.7 Å². The lowest BCUT2D eigenvalue weighted by molar-refractivity contribution is -0.173. The second kappa shape index (κ2) is 7.92. The maximum absolute atomic E-state index is 13.8. The van der Waals surface area contributed by atoms with Gasteiger partial charge in [-0.05, 0) is 24.6 Å². The number of rotatable bonds is 4. The second-order valence-electron chi connectivity index (χ2n) is 7.50. The van der Waals surface area contributed by atoms with Crippen molar-refractivity contribution in [1.82, 2.24) is 24.9 Å². The van der Waals surface area contributed by atoms with Crippen LogP contribution in [0.1, 0.15) is 45.8 Å². The van der Waals surface area contributed by atoms with Gasteiger partial charge >= 0.3 is 6.18 Å². The molecular weight excluding hydrogens is 433 g/mol. The summed E-state index contributed by atoms with van der Waals surface area (Å²) in [6.45, 7) is 2.01. The van der Waals surface area contributed by atoms with Crippen LogP contribution >= 0.6 is 11.6 Å². The Morgan fingerprint density at radius 2 is 2.00 bits per heavy atom. The molecule has 1 aliphatic rings. The predicted octanol–water partition coefficient (Wildman–Crippen LogP) is 4.17. The summed E-state index contributed by atoms with van der Waals surface area (Å²) in [4.78, 5) is 12.6. The minimum atomic E-state index is -4.52. The molecule has 0 saturated carbocycles. The van der Waals surface area contributed by atoms with Gasteiger partial charge in [0.2, 0.25) is 0 Å². The summed E-state index contributed by atoms with van der Waals surface area (Å²) in [6.07, 6.45) is -3.00. The van der Waals surface area contributed by atoms with Crippen molar-refractivity contribution in [3.8, 4) is 0 Å². The first-order chi connectivity index (χ1) is 14.6. The molecule has 2 aromatic heterocycles.